The van der Waals surface area contributed by atoms with E-state index in [0.29, 0.717) is 25.1 Å². The van der Waals surface area contributed by atoms with Crippen molar-refractivity contribution in [2.75, 3.05) is 23.4 Å². The molecule has 1 atom stereocenters. The van der Waals surface area contributed by atoms with Gasteiger partial charge < -0.3 is 15.2 Å². The molecule has 2 aliphatic heterocycles. The van der Waals surface area contributed by atoms with Crippen LogP contribution in [0.4, 0.5) is 16.2 Å². The maximum atomic E-state index is 11.8. The minimum atomic E-state index is -0.412. The Morgan fingerprint density at radius 1 is 1.35 bits per heavy atom. The molecule has 2 N–H and O–H groups in total. The second-order valence-electron chi connectivity index (χ2n) is 5.02. The number of nitrogens with zero attached hydrogens (tertiary/aromatic N) is 1. The van der Waals surface area contributed by atoms with E-state index < -0.39 is 6.09 Å². The Hall–Kier alpha value is -2.08. The number of aliphatic hydroxyl groups excluding tert-OH is 1. The molecule has 0 spiro atoms. The molecule has 6 nitrogen and oxygen atoms in total. The highest BCUT2D eigenvalue weighted by molar-refractivity contribution is 5.96. The molecule has 0 saturated carbocycles. The van der Waals surface area contributed by atoms with E-state index >= 15 is 0 Å². The van der Waals surface area contributed by atoms with Crippen molar-refractivity contribution in [1.82, 2.24) is 0 Å². The summed E-state index contributed by atoms with van der Waals surface area (Å²) < 4.78 is 5.17. The van der Waals surface area contributed by atoms with Crippen molar-refractivity contribution in [3.05, 3.63) is 23.8 Å². The minimum Gasteiger partial charge on any atom is -0.444 e. The lowest BCUT2D eigenvalue weighted by molar-refractivity contribution is -0.116. The topological polar surface area (TPSA) is 78.9 Å². The van der Waals surface area contributed by atoms with Crippen LogP contribution in [0.1, 0.15) is 18.4 Å². The summed E-state index contributed by atoms with van der Waals surface area (Å²) in [4.78, 5) is 24.8. The molecule has 20 heavy (non-hydrogen) atoms. The first kappa shape index (κ1) is 12.9. The number of carbonyl (C=O) groups is 2. The van der Waals surface area contributed by atoms with Crippen LogP contribution < -0.4 is 10.2 Å². The van der Waals surface area contributed by atoms with Crippen molar-refractivity contribution in [2.45, 2.75) is 25.4 Å². The number of cyclic esters (lactones) is 1. The first-order valence-corrected chi connectivity index (χ1v) is 6.69. The molecule has 1 saturated heterocycles. The van der Waals surface area contributed by atoms with Gasteiger partial charge in [0.15, 0.2) is 0 Å². The minimum absolute atomic E-state index is 0.00296. The Kier molecular flexibility index (Phi) is 3.31. The van der Waals surface area contributed by atoms with Gasteiger partial charge in [-0.1, -0.05) is 6.07 Å². The first-order valence-electron chi connectivity index (χ1n) is 6.69. The average Bonchev–Trinajstić information content (AvgIpc) is 2.79. The Morgan fingerprint density at radius 3 is 3.00 bits per heavy atom. The second kappa shape index (κ2) is 5.13. The fraction of sp³-hybridized carbons (Fsp3) is 0.429. The normalized spacial score (nSPS) is 21.4. The van der Waals surface area contributed by atoms with Crippen LogP contribution in [-0.2, 0) is 16.0 Å². The smallest absolute Gasteiger partial charge is 0.414 e. The van der Waals surface area contributed by atoms with Crippen molar-refractivity contribution >= 4 is 23.4 Å². The lowest BCUT2D eigenvalue weighted by Gasteiger charge is -2.20. The van der Waals surface area contributed by atoms with Crippen molar-refractivity contribution in [1.29, 1.82) is 0 Å². The highest BCUT2D eigenvalue weighted by Gasteiger charge is 2.32. The van der Waals surface area contributed by atoms with E-state index in [-0.39, 0.29) is 18.6 Å². The summed E-state index contributed by atoms with van der Waals surface area (Å²) in [7, 11) is 0. The number of hydrogen-bond acceptors (Lipinski definition) is 4. The van der Waals surface area contributed by atoms with E-state index in [1.165, 1.54) is 4.90 Å². The third-order valence-corrected chi connectivity index (χ3v) is 3.63. The Balaban J connectivity index is 1.82. The van der Waals surface area contributed by atoms with E-state index in [1.54, 1.807) is 6.07 Å². The zero-order chi connectivity index (χ0) is 14.1. The summed E-state index contributed by atoms with van der Waals surface area (Å²) in [5, 5.41) is 11.7. The molecule has 1 fully saturated rings. The maximum Gasteiger partial charge on any atom is 0.414 e. The van der Waals surface area contributed by atoms with E-state index in [0.717, 1.165) is 17.7 Å². The van der Waals surface area contributed by atoms with Gasteiger partial charge in [0.25, 0.3) is 0 Å². The summed E-state index contributed by atoms with van der Waals surface area (Å²) in [6.07, 6.45) is 0.961. The summed E-state index contributed by atoms with van der Waals surface area (Å²) in [6.45, 7) is 0.415. The molecular formula is C14H16N2O4. The third kappa shape index (κ3) is 2.34. The van der Waals surface area contributed by atoms with Gasteiger partial charge in [-0.15, -0.1) is 0 Å². The van der Waals surface area contributed by atoms with E-state index in [2.05, 4.69) is 5.32 Å². The molecule has 1 aromatic rings. The number of anilines is 2. The number of hydrogen-bond donors (Lipinski definition) is 2. The molecule has 2 aliphatic rings. The summed E-state index contributed by atoms with van der Waals surface area (Å²) in [5.74, 6) is -0.00296. The molecule has 106 valence electrons. The lowest BCUT2D eigenvalue weighted by Crippen LogP contribution is -2.25. The van der Waals surface area contributed by atoms with Gasteiger partial charge in [0.2, 0.25) is 5.91 Å². The summed E-state index contributed by atoms with van der Waals surface area (Å²) >= 11 is 0. The van der Waals surface area contributed by atoms with Crippen LogP contribution in [0.3, 0.4) is 0 Å². The van der Waals surface area contributed by atoms with Gasteiger partial charge in [0.1, 0.15) is 6.10 Å². The SMILES string of the molecule is O=C1CCc2ccc(N3CC(CCO)OC3=O)cc2N1. The highest BCUT2D eigenvalue weighted by atomic mass is 16.6. The molecule has 1 unspecified atom stereocenters. The molecule has 2 heterocycles. The standard InChI is InChI=1S/C14H16N2O4/c17-6-5-11-8-16(14(19)20-11)10-3-1-9-2-4-13(18)15-12(9)7-10/h1,3,7,11,17H,2,4-6,8H2,(H,15,18). The van der Waals surface area contributed by atoms with Crippen LogP contribution in [0.15, 0.2) is 18.2 Å². The van der Waals surface area contributed by atoms with Gasteiger partial charge in [-0.25, -0.2) is 4.79 Å². The number of rotatable bonds is 3. The van der Waals surface area contributed by atoms with Crippen LogP contribution in [-0.4, -0.2) is 36.4 Å². The first-order chi connectivity index (χ1) is 9.67. The molecular weight excluding hydrogens is 260 g/mol. The van der Waals surface area contributed by atoms with Crippen molar-refractivity contribution in [2.24, 2.45) is 0 Å². The second-order valence-corrected chi connectivity index (χ2v) is 5.02. The monoisotopic (exact) mass is 276 g/mol. The van der Waals surface area contributed by atoms with Gasteiger partial charge in [0, 0.05) is 30.8 Å². The number of benzene rings is 1. The van der Waals surface area contributed by atoms with E-state index in [9.17, 15) is 9.59 Å². The van der Waals surface area contributed by atoms with Crippen LogP contribution >= 0.6 is 0 Å². The predicted molar refractivity (Wildman–Crippen MR) is 72.7 cm³/mol. The van der Waals surface area contributed by atoms with Crippen molar-refractivity contribution < 1.29 is 19.4 Å². The Morgan fingerprint density at radius 2 is 2.20 bits per heavy atom. The molecule has 0 aromatic heterocycles. The fourth-order valence-corrected chi connectivity index (χ4v) is 2.55. The van der Waals surface area contributed by atoms with Crippen molar-refractivity contribution in [3.8, 4) is 0 Å². The van der Waals surface area contributed by atoms with Gasteiger partial charge in [0.05, 0.1) is 6.54 Å². The summed E-state index contributed by atoms with van der Waals surface area (Å²) in [5.41, 5.74) is 2.54. The largest absolute Gasteiger partial charge is 0.444 e. The Bertz CT molecular complexity index is 558. The number of amides is 2. The molecule has 1 aromatic carbocycles. The zero-order valence-electron chi connectivity index (χ0n) is 11.0. The molecule has 0 aliphatic carbocycles. The lowest BCUT2D eigenvalue weighted by atomic mass is 10.0. The number of nitrogens with one attached hydrogen (secondary N) is 1. The quantitative estimate of drug-likeness (QED) is 0.871. The van der Waals surface area contributed by atoms with Crippen molar-refractivity contribution in [3.63, 3.8) is 0 Å². The predicted octanol–water partition coefficient (Wildman–Crippen LogP) is 1.28. The molecule has 6 heteroatoms. The molecule has 0 bridgehead atoms. The van der Waals surface area contributed by atoms with Crippen LogP contribution in [0.25, 0.3) is 0 Å². The van der Waals surface area contributed by atoms with E-state index in [4.69, 9.17) is 9.84 Å². The average molecular weight is 276 g/mol. The highest BCUT2D eigenvalue weighted by Crippen LogP contribution is 2.30. The van der Waals surface area contributed by atoms with E-state index in [1.807, 2.05) is 12.1 Å². The van der Waals surface area contributed by atoms with Crippen LogP contribution in [0.2, 0.25) is 0 Å². The number of fused-ring (bicyclic) bond motifs is 1. The maximum absolute atomic E-state index is 11.8. The number of ether oxygens (including phenoxy) is 1. The fourth-order valence-electron chi connectivity index (χ4n) is 2.55. The van der Waals surface area contributed by atoms with Gasteiger partial charge in [-0.05, 0) is 24.1 Å². The van der Waals surface area contributed by atoms with Crippen LogP contribution in [0.5, 0.6) is 0 Å². The Labute approximate surface area is 116 Å². The molecule has 0 radical (unpaired) electrons. The number of aryl methyl sites for hydroxylation is 1. The number of carbonyl (C=O) groups excluding carboxylic acids is 2. The van der Waals surface area contributed by atoms with Gasteiger partial charge >= 0.3 is 6.09 Å². The van der Waals surface area contributed by atoms with Crippen LogP contribution in [0, 0.1) is 0 Å². The molecule has 2 amide bonds. The summed E-state index contributed by atoms with van der Waals surface area (Å²) in [6, 6.07) is 5.59. The third-order valence-electron chi connectivity index (χ3n) is 3.63. The zero-order valence-corrected chi connectivity index (χ0v) is 11.0. The molecule has 3 rings (SSSR count). The number of aliphatic hydroxyl groups is 1. The van der Waals surface area contributed by atoms with Gasteiger partial charge in [-0.3, -0.25) is 9.69 Å². The van der Waals surface area contributed by atoms with Gasteiger partial charge in [-0.2, -0.15) is 0 Å².